The maximum absolute atomic E-state index is 12.1. The third-order valence-corrected chi connectivity index (χ3v) is 3.23. The second-order valence-electron chi connectivity index (χ2n) is 6.67. The van der Waals surface area contributed by atoms with Crippen LogP contribution >= 0.6 is 0 Å². The molecule has 5 nitrogen and oxygen atoms in total. The molecule has 23 heavy (non-hydrogen) atoms. The van der Waals surface area contributed by atoms with Gasteiger partial charge in [0, 0.05) is 19.3 Å². The number of hydrogen-bond acceptors (Lipinski definition) is 3. The highest BCUT2D eigenvalue weighted by Crippen LogP contribution is 2.13. The Morgan fingerprint density at radius 3 is 2.30 bits per heavy atom. The van der Waals surface area contributed by atoms with Gasteiger partial charge >= 0.3 is 6.09 Å². The maximum atomic E-state index is 12.1. The van der Waals surface area contributed by atoms with Crippen molar-refractivity contribution in [2.75, 3.05) is 18.9 Å². The number of ether oxygens (including phenoxy) is 1. The summed E-state index contributed by atoms with van der Waals surface area (Å²) in [7, 11) is 1.83. The number of nitrogens with zero attached hydrogens (tertiary/aromatic N) is 1. The van der Waals surface area contributed by atoms with Gasteiger partial charge in [-0.05, 0) is 44.9 Å². The van der Waals surface area contributed by atoms with Gasteiger partial charge in [-0.3, -0.25) is 10.1 Å². The number of unbranched alkanes of at least 4 members (excludes halogenated alkanes) is 1. The summed E-state index contributed by atoms with van der Waals surface area (Å²) in [6.07, 6.45) is 1.97. The Morgan fingerprint density at radius 2 is 1.78 bits per heavy atom. The molecule has 1 N–H and O–H groups in total. The molecule has 0 atom stereocenters. The lowest BCUT2D eigenvalue weighted by Crippen LogP contribution is -2.29. The fourth-order valence-electron chi connectivity index (χ4n) is 1.96. The molecule has 5 heteroatoms. The normalized spacial score (nSPS) is 11.0. The van der Waals surface area contributed by atoms with E-state index in [0.717, 1.165) is 24.9 Å². The number of benzene rings is 1. The molecule has 0 aliphatic carbocycles. The molecule has 0 bridgehead atoms. The molecule has 0 radical (unpaired) electrons. The Labute approximate surface area is 139 Å². The second-order valence-corrected chi connectivity index (χ2v) is 6.67. The van der Waals surface area contributed by atoms with Crippen molar-refractivity contribution in [3.63, 3.8) is 0 Å². The molecule has 0 heterocycles. The minimum atomic E-state index is -0.528. The van der Waals surface area contributed by atoms with Gasteiger partial charge in [0.05, 0.1) is 6.42 Å². The quantitative estimate of drug-likeness (QED) is 0.866. The number of likely N-dealkylation sites (N-methyl/N-ethyl adjacent to an activating group) is 1. The van der Waals surface area contributed by atoms with Crippen LogP contribution in [0.5, 0.6) is 0 Å². The summed E-state index contributed by atoms with van der Waals surface area (Å²) >= 11 is 0. The lowest BCUT2D eigenvalue weighted by atomic mass is 10.1. The van der Waals surface area contributed by atoms with Crippen LogP contribution in [0.25, 0.3) is 0 Å². The first-order chi connectivity index (χ1) is 10.7. The van der Waals surface area contributed by atoms with Gasteiger partial charge < -0.3 is 9.64 Å². The Kier molecular flexibility index (Phi) is 7.07. The van der Waals surface area contributed by atoms with Crippen molar-refractivity contribution in [3.8, 4) is 0 Å². The Morgan fingerprint density at radius 1 is 1.17 bits per heavy atom. The molecular weight excluding hydrogens is 292 g/mol. The third kappa shape index (κ3) is 7.68. The van der Waals surface area contributed by atoms with Crippen molar-refractivity contribution in [3.05, 3.63) is 29.8 Å². The summed E-state index contributed by atoms with van der Waals surface area (Å²) in [6.45, 7) is 8.34. The van der Waals surface area contributed by atoms with Crippen LogP contribution < -0.4 is 5.32 Å². The van der Waals surface area contributed by atoms with E-state index < -0.39 is 11.7 Å². The van der Waals surface area contributed by atoms with Gasteiger partial charge in [0.15, 0.2) is 0 Å². The highest BCUT2D eigenvalue weighted by Gasteiger charge is 2.16. The predicted octanol–water partition coefficient (Wildman–Crippen LogP) is 3.83. The zero-order chi connectivity index (χ0) is 17.5. The Bertz CT molecular complexity index is 518. The molecule has 0 saturated carbocycles. The summed E-state index contributed by atoms with van der Waals surface area (Å²) in [6, 6.07) is 7.24. The third-order valence-electron chi connectivity index (χ3n) is 3.23. The first kappa shape index (κ1) is 19.0. The summed E-state index contributed by atoms with van der Waals surface area (Å²) < 4.78 is 5.19. The monoisotopic (exact) mass is 320 g/mol. The largest absolute Gasteiger partial charge is 0.444 e. The van der Waals surface area contributed by atoms with Gasteiger partial charge in [-0.25, -0.2) is 4.79 Å². The average Bonchev–Trinajstić information content (AvgIpc) is 2.44. The fourth-order valence-corrected chi connectivity index (χ4v) is 1.96. The first-order valence-corrected chi connectivity index (χ1v) is 8.04. The molecule has 1 aromatic rings. The van der Waals surface area contributed by atoms with Crippen LogP contribution in [0.4, 0.5) is 10.5 Å². The number of nitrogens with one attached hydrogen (secondary N) is 1. The molecule has 0 aliphatic heterocycles. The molecule has 1 rings (SSSR count). The van der Waals surface area contributed by atoms with Crippen LogP contribution in [0.3, 0.4) is 0 Å². The van der Waals surface area contributed by atoms with Crippen LogP contribution in [0.15, 0.2) is 24.3 Å². The van der Waals surface area contributed by atoms with Crippen molar-refractivity contribution < 1.29 is 14.3 Å². The Hall–Kier alpha value is -2.04. The highest BCUT2D eigenvalue weighted by atomic mass is 16.6. The van der Waals surface area contributed by atoms with Crippen LogP contribution in [0.2, 0.25) is 0 Å². The van der Waals surface area contributed by atoms with Crippen LogP contribution in [-0.2, 0) is 16.0 Å². The molecule has 0 saturated heterocycles. The van der Waals surface area contributed by atoms with Gasteiger partial charge in [0.1, 0.15) is 5.60 Å². The van der Waals surface area contributed by atoms with Crippen LogP contribution in [-0.4, -0.2) is 36.1 Å². The summed E-state index contributed by atoms with van der Waals surface area (Å²) in [4.78, 5) is 25.5. The molecule has 128 valence electrons. The molecule has 0 spiro atoms. The molecular formula is C18H28N2O3. The van der Waals surface area contributed by atoms with Crippen LogP contribution in [0.1, 0.15) is 46.1 Å². The van der Waals surface area contributed by atoms with E-state index in [-0.39, 0.29) is 5.91 Å². The van der Waals surface area contributed by atoms with Crippen molar-refractivity contribution in [1.82, 2.24) is 4.90 Å². The van der Waals surface area contributed by atoms with E-state index in [9.17, 15) is 9.59 Å². The number of carbonyl (C=O) groups is 2. The number of rotatable bonds is 6. The summed E-state index contributed by atoms with van der Waals surface area (Å²) in [5.41, 5.74) is 1.04. The van der Waals surface area contributed by atoms with Gasteiger partial charge in [-0.2, -0.15) is 0 Å². The summed E-state index contributed by atoms with van der Waals surface area (Å²) in [5, 5.41) is 2.67. The van der Waals surface area contributed by atoms with Gasteiger partial charge in [-0.1, -0.05) is 25.5 Å². The average molecular weight is 320 g/mol. The molecule has 1 aromatic carbocycles. The number of amides is 2. The molecule has 0 unspecified atom stereocenters. The maximum Gasteiger partial charge on any atom is 0.412 e. The standard InChI is InChI=1S/C18H28N2O3/c1-6-7-12-20(5)16(21)13-14-8-10-15(11-9-14)19-17(22)23-18(2,3)4/h8-11H,6-7,12-13H2,1-5H3,(H,19,22). The van der Waals surface area contributed by atoms with Crippen molar-refractivity contribution in [1.29, 1.82) is 0 Å². The van der Waals surface area contributed by atoms with E-state index >= 15 is 0 Å². The SMILES string of the molecule is CCCCN(C)C(=O)Cc1ccc(NC(=O)OC(C)(C)C)cc1. The lowest BCUT2D eigenvalue weighted by molar-refractivity contribution is -0.129. The van der Waals surface area contributed by atoms with E-state index in [0.29, 0.717) is 12.1 Å². The van der Waals surface area contributed by atoms with E-state index in [1.807, 2.05) is 40.0 Å². The second kappa shape index (κ2) is 8.56. The van der Waals surface area contributed by atoms with E-state index in [2.05, 4.69) is 12.2 Å². The molecule has 2 amide bonds. The minimum absolute atomic E-state index is 0.103. The lowest BCUT2D eigenvalue weighted by Gasteiger charge is -2.19. The minimum Gasteiger partial charge on any atom is -0.444 e. The van der Waals surface area contributed by atoms with Crippen molar-refractivity contribution in [2.45, 2.75) is 52.6 Å². The number of hydrogen-bond donors (Lipinski definition) is 1. The van der Waals surface area contributed by atoms with Gasteiger partial charge in [0.2, 0.25) is 5.91 Å². The topological polar surface area (TPSA) is 58.6 Å². The van der Waals surface area contributed by atoms with Gasteiger partial charge in [-0.15, -0.1) is 0 Å². The van der Waals surface area contributed by atoms with Crippen LogP contribution in [0, 0.1) is 0 Å². The fraction of sp³-hybridized carbons (Fsp3) is 0.556. The summed E-state index contributed by atoms with van der Waals surface area (Å²) in [5.74, 6) is 0.103. The molecule has 0 aliphatic rings. The van der Waals surface area contributed by atoms with E-state index in [1.54, 1.807) is 17.0 Å². The predicted molar refractivity (Wildman–Crippen MR) is 92.5 cm³/mol. The van der Waals surface area contributed by atoms with Crippen molar-refractivity contribution in [2.24, 2.45) is 0 Å². The zero-order valence-electron chi connectivity index (χ0n) is 14.8. The highest BCUT2D eigenvalue weighted by molar-refractivity contribution is 5.85. The smallest absolute Gasteiger partial charge is 0.412 e. The Balaban J connectivity index is 2.53. The molecule has 0 fully saturated rings. The molecule has 0 aromatic heterocycles. The number of carbonyl (C=O) groups excluding carboxylic acids is 2. The van der Waals surface area contributed by atoms with Crippen molar-refractivity contribution >= 4 is 17.7 Å². The van der Waals surface area contributed by atoms with Gasteiger partial charge in [0.25, 0.3) is 0 Å². The number of anilines is 1. The van der Waals surface area contributed by atoms with E-state index in [1.165, 1.54) is 0 Å². The first-order valence-electron chi connectivity index (χ1n) is 8.04. The van der Waals surface area contributed by atoms with E-state index in [4.69, 9.17) is 4.74 Å². The zero-order valence-corrected chi connectivity index (χ0v) is 14.8.